The second-order valence-electron chi connectivity index (χ2n) is 13.4. The predicted molar refractivity (Wildman–Crippen MR) is 231 cm³/mol. The molecule has 1 aliphatic carbocycles. The maximum Gasteiger partial charge on any atom is 0.328 e. The van der Waals surface area contributed by atoms with E-state index in [0.717, 1.165) is 12.8 Å². The molecule has 0 unspecified atom stereocenters. The van der Waals surface area contributed by atoms with Gasteiger partial charge < -0.3 is 13.7 Å². The summed E-state index contributed by atoms with van der Waals surface area (Å²) in [6.45, 7) is 16.3. The van der Waals surface area contributed by atoms with Crippen molar-refractivity contribution >= 4 is 5.78 Å². The summed E-state index contributed by atoms with van der Waals surface area (Å²) in [5.41, 5.74) is 1.82. The molecule has 0 saturated carbocycles. The average Bonchev–Trinajstić information content (AvgIpc) is 3.73. The molecule has 4 heterocycles. The predicted octanol–water partition coefficient (Wildman–Crippen LogP) is 2.78. The number of allylic oxidation sites excluding steroid dienone is 2. The van der Waals surface area contributed by atoms with E-state index >= 15 is 0 Å². The number of nitrogens with zero attached hydrogens (tertiary/aromatic N) is 4. The third-order valence-electron chi connectivity index (χ3n) is 9.96. The van der Waals surface area contributed by atoms with Gasteiger partial charge in [0, 0.05) is 72.6 Å². The molecule has 5 aromatic rings. The first-order valence-corrected chi connectivity index (χ1v) is 18.6. The van der Waals surface area contributed by atoms with Crippen LogP contribution in [-0.4, -0.2) is 44.0 Å². The fourth-order valence-corrected chi connectivity index (χ4v) is 5.47. The molecule has 0 radical (unpaired) electrons. The second kappa shape index (κ2) is 22.3. The topological polar surface area (TPSA) is 237 Å². The fourth-order valence-electron chi connectivity index (χ4n) is 5.47. The highest BCUT2D eigenvalue weighted by atomic mass is 16.2. The van der Waals surface area contributed by atoms with Crippen molar-refractivity contribution in [3.63, 3.8) is 0 Å². The van der Waals surface area contributed by atoms with E-state index in [2.05, 4.69) is 32.1 Å². The minimum atomic E-state index is -0.521. The SMILES string of the molecule is C.CC.Cc1c(C(=O)c2ccccc2)n(CC2CC=CC2)c(=O)[nH]c1=O.Cc1c(C)n(C)c(=O)[nH]c1=O.Cc1c(C)n(C)c(=O)[nH]c1=O.Cc1c(C)n(C)c(=O)[nH]c1=O. The zero-order valence-corrected chi connectivity index (χ0v) is 35.2. The Morgan fingerprint density at radius 1 is 0.542 bits per heavy atom. The number of ketones is 1. The van der Waals surface area contributed by atoms with E-state index in [1.807, 2.05) is 19.9 Å². The van der Waals surface area contributed by atoms with E-state index in [-0.39, 0.29) is 64.1 Å². The fraction of sp³-hybridized carbons (Fsp3) is 0.405. The standard InChI is InChI=1S/C18H18N2O3.3C7H10N2O2.C2H6.CH4/c1-12-15(16(21)14-9-3-2-4-10-14)20(18(23)19-17(12)22)11-13-7-5-6-8-13;3*1-4-5(2)9(3)7(11)8-6(4)10;1-2;/h2-6,9-10,13H,7-8,11H2,1H3,(H,19,22,23);3*1-3H3,(H,8,10,11);1-2H3;1H4. The van der Waals surface area contributed by atoms with E-state index in [0.29, 0.717) is 45.9 Å². The van der Waals surface area contributed by atoms with Gasteiger partial charge in [0.15, 0.2) is 0 Å². The Kier molecular flexibility index (Phi) is 19.1. The molecule has 1 aromatic carbocycles. The number of carbonyl (C=O) groups is 1. The van der Waals surface area contributed by atoms with Crippen molar-refractivity contribution in [1.29, 1.82) is 0 Å². The van der Waals surface area contributed by atoms with Crippen LogP contribution in [0.1, 0.15) is 89.5 Å². The van der Waals surface area contributed by atoms with Crippen molar-refractivity contribution in [3.05, 3.63) is 176 Å². The summed E-state index contributed by atoms with van der Waals surface area (Å²) in [5.74, 6) is -0.0161. The molecule has 17 heteroatoms. The minimum Gasteiger partial charge on any atom is -0.301 e. The summed E-state index contributed by atoms with van der Waals surface area (Å²) in [5, 5.41) is 0. The van der Waals surface area contributed by atoms with Crippen molar-refractivity contribution in [2.24, 2.45) is 27.1 Å². The van der Waals surface area contributed by atoms with Crippen molar-refractivity contribution in [2.75, 3.05) is 0 Å². The number of hydrogen-bond acceptors (Lipinski definition) is 9. The minimum absolute atomic E-state index is 0. The van der Waals surface area contributed by atoms with Crippen LogP contribution in [0.25, 0.3) is 0 Å². The molecule has 0 fully saturated rings. The van der Waals surface area contributed by atoms with Gasteiger partial charge in [0.25, 0.3) is 22.2 Å². The molecule has 0 spiro atoms. The molecule has 1 aliphatic rings. The zero-order chi connectivity index (χ0) is 44.2. The van der Waals surface area contributed by atoms with Crippen molar-refractivity contribution < 1.29 is 4.79 Å². The lowest BCUT2D eigenvalue weighted by molar-refractivity contribution is 0.102. The van der Waals surface area contributed by atoms with Crippen LogP contribution in [-0.2, 0) is 27.7 Å². The molecule has 0 amide bonds. The molecular weight excluding hydrogens is 761 g/mol. The van der Waals surface area contributed by atoms with Crippen molar-refractivity contribution in [1.82, 2.24) is 38.2 Å². The van der Waals surface area contributed by atoms with Crippen LogP contribution in [0, 0.1) is 54.4 Å². The summed E-state index contributed by atoms with van der Waals surface area (Å²) < 4.78 is 5.66. The summed E-state index contributed by atoms with van der Waals surface area (Å²) in [4.78, 5) is 112. The molecule has 0 atom stereocenters. The van der Waals surface area contributed by atoms with Crippen LogP contribution < -0.4 is 45.0 Å². The summed E-state index contributed by atoms with van der Waals surface area (Å²) in [6, 6.07) is 8.72. The van der Waals surface area contributed by atoms with Gasteiger partial charge in [-0.05, 0) is 67.2 Å². The third kappa shape index (κ3) is 12.4. The van der Waals surface area contributed by atoms with Gasteiger partial charge in [0.2, 0.25) is 5.78 Å². The van der Waals surface area contributed by atoms with E-state index in [1.165, 1.54) is 18.3 Å². The van der Waals surface area contributed by atoms with Gasteiger partial charge in [-0.1, -0.05) is 63.8 Å². The Morgan fingerprint density at radius 3 is 1.22 bits per heavy atom. The van der Waals surface area contributed by atoms with Gasteiger partial charge >= 0.3 is 22.8 Å². The van der Waals surface area contributed by atoms with Crippen molar-refractivity contribution in [3.8, 4) is 0 Å². The summed E-state index contributed by atoms with van der Waals surface area (Å²) in [7, 11) is 4.88. The first-order valence-electron chi connectivity index (χ1n) is 18.6. The van der Waals surface area contributed by atoms with Gasteiger partial charge in [-0.15, -0.1) is 0 Å². The number of nitrogens with one attached hydrogen (secondary N) is 4. The Morgan fingerprint density at radius 2 is 0.864 bits per heavy atom. The number of benzene rings is 1. The maximum absolute atomic E-state index is 12.8. The molecular formula is C42H58N8O9. The Labute approximate surface area is 340 Å². The third-order valence-corrected chi connectivity index (χ3v) is 9.96. The van der Waals surface area contributed by atoms with Gasteiger partial charge in [-0.2, -0.15) is 0 Å². The first kappa shape index (κ1) is 50.4. The summed E-state index contributed by atoms with van der Waals surface area (Å²) >= 11 is 0. The largest absolute Gasteiger partial charge is 0.328 e. The molecule has 320 valence electrons. The van der Waals surface area contributed by atoms with Crippen LogP contribution in [0.5, 0.6) is 0 Å². The smallest absolute Gasteiger partial charge is 0.301 e. The van der Waals surface area contributed by atoms with E-state index in [9.17, 15) is 43.2 Å². The molecule has 0 saturated heterocycles. The van der Waals surface area contributed by atoms with Crippen LogP contribution in [0.3, 0.4) is 0 Å². The van der Waals surface area contributed by atoms with Crippen LogP contribution in [0.15, 0.2) is 80.8 Å². The lowest BCUT2D eigenvalue weighted by atomic mass is 10.0. The number of hydrogen-bond donors (Lipinski definition) is 4. The Balaban J connectivity index is 0.000000413. The van der Waals surface area contributed by atoms with E-state index < -0.39 is 11.2 Å². The molecule has 59 heavy (non-hydrogen) atoms. The molecule has 6 rings (SSSR count). The lowest BCUT2D eigenvalue weighted by Gasteiger charge is -2.17. The highest BCUT2D eigenvalue weighted by Crippen LogP contribution is 2.20. The Bertz CT molecular complexity index is 2480. The molecule has 0 aliphatic heterocycles. The van der Waals surface area contributed by atoms with Gasteiger partial charge in [-0.3, -0.25) is 48.5 Å². The van der Waals surface area contributed by atoms with Crippen molar-refractivity contribution in [2.45, 2.75) is 89.1 Å². The van der Waals surface area contributed by atoms with E-state index in [1.54, 1.807) is 93.9 Å². The number of carbonyl (C=O) groups excluding carboxylic acids is 1. The van der Waals surface area contributed by atoms with Gasteiger partial charge in [-0.25, -0.2) is 19.2 Å². The van der Waals surface area contributed by atoms with E-state index in [4.69, 9.17) is 0 Å². The molecule has 17 nitrogen and oxygen atoms in total. The monoisotopic (exact) mass is 818 g/mol. The molecule has 4 aromatic heterocycles. The maximum atomic E-state index is 12.8. The number of aromatic amines is 4. The van der Waals surface area contributed by atoms with Gasteiger partial charge in [0.1, 0.15) is 5.69 Å². The van der Waals surface area contributed by atoms with Crippen LogP contribution in [0.2, 0.25) is 0 Å². The summed E-state index contributed by atoms with van der Waals surface area (Å²) in [6.07, 6.45) is 5.91. The average molecular weight is 819 g/mol. The first-order chi connectivity index (χ1) is 27.2. The number of aromatic nitrogens is 8. The van der Waals surface area contributed by atoms with Crippen LogP contribution in [0.4, 0.5) is 0 Å². The molecule has 4 N–H and O–H groups in total. The van der Waals surface area contributed by atoms with Crippen LogP contribution >= 0.6 is 0 Å². The second-order valence-corrected chi connectivity index (χ2v) is 13.4. The zero-order valence-electron chi connectivity index (χ0n) is 35.2. The highest BCUT2D eigenvalue weighted by Gasteiger charge is 2.22. The lowest BCUT2D eigenvalue weighted by Crippen LogP contribution is -2.37. The van der Waals surface area contributed by atoms with Gasteiger partial charge in [0.05, 0.1) is 0 Å². The normalized spacial score (nSPS) is 11.3. The number of rotatable bonds is 4. The Hall–Kier alpha value is -6.65. The quantitative estimate of drug-likeness (QED) is 0.154. The number of H-pyrrole nitrogens is 4. The highest BCUT2D eigenvalue weighted by molar-refractivity contribution is 6.08. The molecule has 0 bridgehead atoms.